The van der Waals surface area contributed by atoms with Crippen LogP contribution >= 0.6 is 7.60 Å². The van der Waals surface area contributed by atoms with Crippen molar-refractivity contribution in [2.45, 2.75) is 6.92 Å². The molecule has 1 unspecified atom stereocenters. The van der Waals surface area contributed by atoms with E-state index in [1.165, 1.54) is 6.92 Å². The molecule has 2 N–H and O–H groups in total. The summed E-state index contributed by atoms with van der Waals surface area (Å²) in [4.78, 5) is 19.2. The molecule has 1 amide bonds. The van der Waals surface area contributed by atoms with Crippen LogP contribution in [0.3, 0.4) is 0 Å². The molecule has 0 heterocycles. The molecule has 1 atom stereocenters. The van der Waals surface area contributed by atoms with E-state index in [-0.39, 0.29) is 5.57 Å². The fraction of sp³-hybridized carbons (Fsp3) is 0.400. The lowest BCUT2D eigenvalue weighted by molar-refractivity contribution is -0.124. The number of hydroxylamine groups is 1. The highest BCUT2D eigenvalue weighted by Crippen LogP contribution is 2.34. The van der Waals surface area contributed by atoms with Crippen LogP contribution in [0.2, 0.25) is 0 Å². The molecule has 0 aromatic carbocycles. The number of rotatable bonds is 3. The summed E-state index contributed by atoms with van der Waals surface area (Å²) in [5.41, 5.74) is 1.98. The first-order valence-electron chi connectivity index (χ1n) is 2.77. The van der Waals surface area contributed by atoms with Crippen LogP contribution in [0.25, 0.3) is 0 Å². The third-order valence-corrected chi connectivity index (χ3v) is 1.13. The topological polar surface area (TPSA) is 75.6 Å². The lowest BCUT2D eigenvalue weighted by Gasteiger charge is -2.06. The molecule has 64 valence electrons. The van der Waals surface area contributed by atoms with Gasteiger partial charge in [-0.15, -0.1) is 0 Å². The standard InChI is InChI=1S/C5H10NO4P/c1-4(2)5(7)6-10-11(3,8)9/h1H2,2-3H3,(H,6,7)(H,8,9). The van der Waals surface area contributed by atoms with Crippen molar-refractivity contribution in [3.8, 4) is 0 Å². The third kappa shape index (κ3) is 5.79. The summed E-state index contributed by atoms with van der Waals surface area (Å²) in [6, 6.07) is 0. The molecule has 0 aromatic heterocycles. The zero-order chi connectivity index (χ0) is 9.07. The smallest absolute Gasteiger partial charge is 0.323 e. The number of hydrogen-bond donors (Lipinski definition) is 2. The highest BCUT2D eigenvalue weighted by Gasteiger charge is 2.12. The van der Waals surface area contributed by atoms with E-state index in [2.05, 4.69) is 11.2 Å². The van der Waals surface area contributed by atoms with Crippen molar-refractivity contribution in [1.29, 1.82) is 0 Å². The molecule has 0 aliphatic heterocycles. The summed E-state index contributed by atoms with van der Waals surface area (Å²) in [6.45, 7) is 5.71. The molecule has 0 rings (SSSR count). The summed E-state index contributed by atoms with van der Waals surface area (Å²) in [5, 5.41) is 0. The van der Waals surface area contributed by atoms with Crippen LogP contribution in [0.1, 0.15) is 6.92 Å². The highest BCUT2D eigenvalue weighted by atomic mass is 31.2. The molecule has 0 saturated heterocycles. The summed E-state index contributed by atoms with van der Waals surface area (Å²) in [7, 11) is -3.63. The average Bonchev–Trinajstić information content (AvgIpc) is 1.80. The van der Waals surface area contributed by atoms with Crippen molar-refractivity contribution in [3.63, 3.8) is 0 Å². The fourth-order valence-corrected chi connectivity index (χ4v) is 0.466. The van der Waals surface area contributed by atoms with Gasteiger partial charge in [-0.2, -0.15) is 4.62 Å². The van der Waals surface area contributed by atoms with Crippen LogP contribution < -0.4 is 5.48 Å². The van der Waals surface area contributed by atoms with Crippen LogP contribution in [0, 0.1) is 0 Å². The number of carbonyl (C=O) groups is 1. The molecule has 0 aromatic rings. The average molecular weight is 179 g/mol. The molecule has 0 spiro atoms. The first-order chi connectivity index (χ1) is 4.83. The molecule has 0 bridgehead atoms. The number of nitrogens with one attached hydrogen (secondary N) is 1. The zero-order valence-corrected chi connectivity index (χ0v) is 7.22. The van der Waals surface area contributed by atoms with Gasteiger partial charge < -0.3 is 4.89 Å². The Hall–Kier alpha value is -0.640. The Morgan fingerprint density at radius 3 is 2.45 bits per heavy atom. The van der Waals surface area contributed by atoms with Crippen molar-refractivity contribution in [2.75, 3.05) is 6.66 Å². The lowest BCUT2D eigenvalue weighted by Crippen LogP contribution is -2.22. The van der Waals surface area contributed by atoms with Gasteiger partial charge in [-0.05, 0) is 6.92 Å². The van der Waals surface area contributed by atoms with E-state index in [9.17, 15) is 9.36 Å². The molecule has 0 saturated carbocycles. The second-order valence-corrected chi connectivity index (χ2v) is 3.89. The molecular weight excluding hydrogens is 169 g/mol. The molecule has 5 nitrogen and oxygen atoms in total. The highest BCUT2D eigenvalue weighted by molar-refractivity contribution is 7.51. The van der Waals surface area contributed by atoms with E-state index in [1.54, 1.807) is 5.48 Å². The van der Waals surface area contributed by atoms with Gasteiger partial charge in [0.2, 0.25) is 0 Å². The quantitative estimate of drug-likeness (QED) is 0.374. The van der Waals surface area contributed by atoms with E-state index < -0.39 is 13.5 Å². The fourth-order valence-electron chi connectivity index (χ4n) is 0.213. The van der Waals surface area contributed by atoms with Crippen molar-refractivity contribution in [3.05, 3.63) is 12.2 Å². The minimum absolute atomic E-state index is 0.207. The molecule has 6 heteroatoms. The van der Waals surface area contributed by atoms with Gasteiger partial charge in [-0.25, -0.2) is 5.48 Å². The predicted octanol–water partition coefficient (Wildman–Crippen LogP) is 0.425. The minimum atomic E-state index is -3.63. The SMILES string of the molecule is C=C(C)C(=O)NOP(C)(=O)O. The molecular formula is C5H10NO4P. The lowest BCUT2D eigenvalue weighted by atomic mass is 10.3. The van der Waals surface area contributed by atoms with Crippen LogP contribution in [-0.4, -0.2) is 17.5 Å². The predicted molar refractivity (Wildman–Crippen MR) is 39.8 cm³/mol. The molecule has 0 radical (unpaired) electrons. The van der Waals surface area contributed by atoms with Gasteiger partial charge in [0, 0.05) is 12.2 Å². The Balaban J connectivity index is 3.82. The van der Waals surface area contributed by atoms with Crippen molar-refractivity contribution < 1.29 is 18.9 Å². The van der Waals surface area contributed by atoms with E-state index in [0.29, 0.717) is 0 Å². The number of amides is 1. The van der Waals surface area contributed by atoms with Crippen molar-refractivity contribution in [1.82, 2.24) is 5.48 Å². The maximum Gasteiger partial charge on any atom is 0.346 e. The van der Waals surface area contributed by atoms with Gasteiger partial charge in [-0.1, -0.05) is 6.58 Å². The van der Waals surface area contributed by atoms with E-state index >= 15 is 0 Å². The van der Waals surface area contributed by atoms with E-state index in [0.717, 1.165) is 6.66 Å². The Morgan fingerprint density at radius 1 is 1.73 bits per heavy atom. The number of carbonyl (C=O) groups excluding carboxylic acids is 1. The summed E-state index contributed by atoms with van der Waals surface area (Å²) >= 11 is 0. The summed E-state index contributed by atoms with van der Waals surface area (Å²) in [5.74, 6) is -0.610. The summed E-state index contributed by atoms with van der Waals surface area (Å²) < 4.78 is 14.5. The molecule has 11 heavy (non-hydrogen) atoms. The van der Waals surface area contributed by atoms with E-state index in [1.807, 2.05) is 0 Å². The second-order valence-electron chi connectivity index (χ2n) is 2.11. The molecule has 0 aliphatic carbocycles. The summed E-state index contributed by atoms with van der Waals surface area (Å²) in [6.07, 6.45) is 0. The normalized spacial score (nSPS) is 15.2. The zero-order valence-electron chi connectivity index (χ0n) is 6.33. The monoisotopic (exact) mass is 179 g/mol. The van der Waals surface area contributed by atoms with Crippen LogP contribution in [0.4, 0.5) is 0 Å². The Labute approximate surface area is 64.5 Å². The largest absolute Gasteiger partial charge is 0.346 e. The van der Waals surface area contributed by atoms with Gasteiger partial charge in [0.25, 0.3) is 5.91 Å². The van der Waals surface area contributed by atoms with Gasteiger partial charge in [0.1, 0.15) is 0 Å². The van der Waals surface area contributed by atoms with Crippen molar-refractivity contribution >= 4 is 13.5 Å². The van der Waals surface area contributed by atoms with Crippen LogP contribution in [-0.2, 0) is 14.0 Å². The first-order valence-corrected chi connectivity index (χ1v) is 4.80. The number of hydrogen-bond acceptors (Lipinski definition) is 3. The van der Waals surface area contributed by atoms with Crippen LogP contribution in [0.15, 0.2) is 12.2 Å². The second kappa shape index (κ2) is 3.67. The van der Waals surface area contributed by atoms with E-state index in [4.69, 9.17) is 4.89 Å². The minimum Gasteiger partial charge on any atom is -0.323 e. The van der Waals surface area contributed by atoms with Gasteiger partial charge in [0.15, 0.2) is 0 Å². The Bertz CT molecular complexity index is 219. The van der Waals surface area contributed by atoms with Gasteiger partial charge in [-0.3, -0.25) is 9.36 Å². The maximum absolute atomic E-state index is 10.6. The first kappa shape index (κ1) is 10.4. The van der Waals surface area contributed by atoms with Gasteiger partial charge >= 0.3 is 7.60 Å². The Kier molecular flexibility index (Phi) is 3.45. The van der Waals surface area contributed by atoms with Crippen LogP contribution in [0.5, 0.6) is 0 Å². The van der Waals surface area contributed by atoms with Gasteiger partial charge in [0.05, 0.1) is 0 Å². The molecule has 0 fully saturated rings. The maximum atomic E-state index is 10.6. The third-order valence-electron chi connectivity index (χ3n) is 0.695. The Morgan fingerprint density at radius 2 is 2.18 bits per heavy atom. The van der Waals surface area contributed by atoms with Crippen molar-refractivity contribution in [2.24, 2.45) is 0 Å². The molecule has 0 aliphatic rings.